The average Bonchev–Trinajstić information content (AvgIpc) is 2.85. The highest BCUT2D eigenvalue weighted by molar-refractivity contribution is 4.89. The summed E-state index contributed by atoms with van der Waals surface area (Å²) in [7, 11) is 2.39. The molecule has 4 nitrogen and oxygen atoms in total. The Kier molecular flexibility index (Phi) is 6.54. The van der Waals surface area contributed by atoms with Crippen molar-refractivity contribution < 1.29 is 0 Å². The quantitative estimate of drug-likeness (QED) is 0.824. The van der Waals surface area contributed by atoms with E-state index < -0.39 is 0 Å². The highest BCUT2D eigenvalue weighted by Crippen LogP contribution is 2.25. The van der Waals surface area contributed by atoms with Gasteiger partial charge in [0.05, 0.1) is 0 Å². The van der Waals surface area contributed by atoms with Crippen molar-refractivity contribution in [3.8, 4) is 0 Å². The summed E-state index contributed by atoms with van der Waals surface area (Å²) in [4.78, 5) is 5.48. The number of nitrogens with zero attached hydrogens (tertiary/aromatic N) is 2. The molecule has 3 fully saturated rings. The minimum absolute atomic E-state index is 0.750. The highest BCUT2D eigenvalue weighted by atomic mass is 15.2. The van der Waals surface area contributed by atoms with E-state index in [1.807, 2.05) is 0 Å². The molecule has 0 aromatic carbocycles. The lowest BCUT2D eigenvalue weighted by Gasteiger charge is -2.43. The number of hydrogen-bond acceptors (Lipinski definition) is 4. The van der Waals surface area contributed by atoms with Gasteiger partial charge in [-0.25, -0.2) is 0 Å². The topological polar surface area (TPSA) is 30.5 Å². The molecule has 0 amide bonds. The summed E-state index contributed by atoms with van der Waals surface area (Å²) in [5, 5.41) is 7.21. The fourth-order valence-corrected chi connectivity index (χ4v) is 4.78. The summed E-state index contributed by atoms with van der Waals surface area (Å²) in [5.74, 6) is 0.853. The van der Waals surface area contributed by atoms with Gasteiger partial charge < -0.3 is 15.5 Å². The van der Waals surface area contributed by atoms with E-state index in [1.54, 1.807) is 0 Å². The molecule has 1 saturated carbocycles. The predicted octanol–water partition coefficient (Wildman–Crippen LogP) is 1.52. The summed E-state index contributed by atoms with van der Waals surface area (Å²) in [6.07, 6.45) is 9.87. The van der Waals surface area contributed by atoms with Crippen LogP contribution >= 0.6 is 0 Å². The van der Waals surface area contributed by atoms with Crippen molar-refractivity contribution in [3.63, 3.8) is 0 Å². The zero-order valence-corrected chi connectivity index (χ0v) is 14.5. The van der Waals surface area contributed by atoms with E-state index in [0.29, 0.717) is 0 Å². The lowest BCUT2D eigenvalue weighted by Crippen LogP contribution is -2.55. The predicted molar refractivity (Wildman–Crippen MR) is 93.3 cm³/mol. The van der Waals surface area contributed by atoms with Gasteiger partial charge in [-0.1, -0.05) is 19.3 Å². The maximum absolute atomic E-state index is 3.65. The Hall–Kier alpha value is -0.160. The first-order valence-electron chi connectivity index (χ1n) is 9.70. The Bertz CT molecular complexity index is 308. The summed E-state index contributed by atoms with van der Waals surface area (Å²) in [6.45, 7) is 8.60. The third-order valence-electron chi connectivity index (χ3n) is 6.15. The van der Waals surface area contributed by atoms with E-state index >= 15 is 0 Å². The molecule has 128 valence electrons. The lowest BCUT2D eigenvalue weighted by molar-refractivity contribution is 0.0779. The van der Waals surface area contributed by atoms with Crippen LogP contribution in [0.4, 0.5) is 0 Å². The molecule has 0 radical (unpaired) electrons. The standard InChI is InChI=1S/C18H36N4/c1-21(17-6-3-2-4-7-17)15-16-8-10-20-14-18(16)22-12-5-9-19-11-13-22/h16-20H,2-15H2,1H3. The molecule has 1 aliphatic carbocycles. The average molecular weight is 309 g/mol. The van der Waals surface area contributed by atoms with Crippen LogP contribution in [-0.2, 0) is 0 Å². The van der Waals surface area contributed by atoms with Crippen molar-refractivity contribution in [2.45, 2.75) is 57.0 Å². The van der Waals surface area contributed by atoms with Gasteiger partial charge in [0.1, 0.15) is 0 Å². The van der Waals surface area contributed by atoms with Crippen LogP contribution in [0.3, 0.4) is 0 Å². The molecular weight excluding hydrogens is 272 g/mol. The Labute approximate surface area is 137 Å². The first kappa shape index (κ1) is 16.7. The number of hydrogen-bond donors (Lipinski definition) is 2. The first-order valence-corrected chi connectivity index (χ1v) is 9.70. The van der Waals surface area contributed by atoms with Gasteiger partial charge in [-0.15, -0.1) is 0 Å². The van der Waals surface area contributed by atoms with Crippen molar-refractivity contribution in [1.29, 1.82) is 0 Å². The molecule has 3 aliphatic rings. The second-order valence-electron chi connectivity index (χ2n) is 7.69. The first-order chi connectivity index (χ1) is 10.8. The van der Waals surface area contributed by atoms with E-state index in [9.17, 15) is 0 Å². The molecule has 0 bridgehead atoms. The fourth-order valence-electron chi connectivity index (χ4n) is 4.78. The Morgan fingerprint density at radius 3 is 2.64 bits per heavy atom. The maximum atomic E-state index is 3.65. The largest absolute Gasteiger partial charge is 0.315 e. The van der Waals surface area contributed by atoms with Crippen LogP contribution in [0.2, 0.25) is 0 Å². The van der Waals surface area contributed by atoms with Crippen LogP contribution in [0.15, 0.2) is 0 Å². The maximum Gasteiger partial charge on any atom is 0.0262 e. The van der Waals surface area contributed by atoms with Gasteiger partial charge in [-0.05, 0) is 58.3 Å². The van der Waals surface area contributed by atoms with Crippen LogP contribution < -0.4 is 10.6 Å². The number of nitrogens with one attached hydrogen (secondary N) is 2. The Balaban J connectivity index is 1.56. The van der Waals surface area contributed by atoms with Gasteiger partial charge in [0.15, 0.2) is 0 Å². The summed E-state index contributed by atoms with van der Waals surface area (Å²) >= 11 is 0. The molecule has 3 rings (SSSR count). The summed E-state index contributed by atoms with van der Waals surface area (Å²) in [6, 6.07) is 1.61. The molecule has 2 unspecified atom stereocenters. The summed E-state index contributed by atoms with van der Waals surface area (Å²) < 4.78 is 0. The molecule has 22 heavy (non-hydrogen) atoms. The van der Waals surface area contributed by atoms with Gasteiger partial charge >= 0.3 is 0 Å². The van der Waals surface area contributed by atoms with Crippen molar-refractivity contribution in [1.82, 2.24) is 20.4 Å². The second kappa shape index (κ2) is 8.62. The van der Waals surface area contributed by atoms with Gasteiger partial charge in [0.2, 0.25) is 0 Å². The molecule has 2 saturated heterocycles. The van der Waals surface area contributed by atoms with Crippen molar-refractivity contribution in [2.24, 2.45) is 5.92 Å². The SMILES string of the molecule is CN(CC1CCNCC1N1CCCNCC1)C1CCCCC1. The van der Waals surface area contributed by atoms with Crippen molar-refractivity contribution >= 4 is 0 Å². The van der Waals surface area contributed by atoms with Crippen LogP contribution in [-0.4, -0.2) is 74.7 Å². The highest BCUT2D eigenvalue weighted by Gasteiger charge is 2.32. The van der Waals surface area contributed by atoms with Crippen LogP contribution in [0.5, 0.6) is 0 Å². The smallest absolute Gasteiger partial charge is 0.0262 e. The van der Waals surface area contributed by atoms with E-state index in [2.05, 4.69) is 27.5 Å². The molecule has 2 heterocycles. The molecule has 2 N–H and O–H groups in total. The zero-order chi connectivity index (χ0) is 15.2. The lowest BCUT2D eigenvalue weighted by atomic mass is 9.88. The molecular formula is C18H36N4. The second-order valence-corrected chi connectivity index (χ2v) is 7.69. The van der Waals surface area contributed by atoms with E-state index in [1.165, 1.54) is 90.8 Å². The van der Waals surface area contributed by atoms with Gasteiger partial charge in [-0.2, -0.15) is 0 Å². The van der Waals surface area contributed by atoms with Crippen LogP contribution in [0.1, 0.15) is 44.9 Å². The number of piperidine rings is 1. The molecule has 0 spiro atoms. The van der Waals surface area contributed by atoms with Gasteiger partial charge in [-0.3, -0.25) is 4.90 Å². The zero-order valence-electron chi connectivity index (χ0n) is 14.5. The molecule has 0 aromatic rings. The molecule has 2 aliphatic heterocycles. The fraction of sp³-hybridized carbons (Fsp3) is 1.00. The van der Waals surface area contributed by atoms with Crippen LogP contribution in [0, 0.1) is 5.92 Å². The number of rotatable bonds is 4. The normalized spacial score (nSPS) is 33.0. The Morgan fingerprint density at radius 2 is 1.77 bits per heavy atom. The minimum atomic E-state index is 0.750. The van der Waals surface area contributed by atoms with E-state index in [4.69, 9.17) is 0 Å². The molecule has 2 atom stereocenters. The third kappa shape index (κ3) is 4.44. The summed E-state index contributed by atoms with van der Waals surface area (Å²) in [5.41, 5.74) is 0. The monoisotopic (exact) mass is 308 g/mol. The van der Waals surface area contributed by atoms with E-state index in [-0.39, 0.29) is 0 Å². The van der Waals surface area contributed by atoms with Gasteiger partial charge in [0.25, 0.3) is 0 Å². The van der Waals surface area contributed by atoms with Crippen molar-refractivity contribution in [2.75, 3.05) is 52.9 Å². The molecule has 4 heteroatoms. The molecule has 0 aromatic heterocycles. The van der Waals surface area contributed by atoms with Crippen molar-refractivity contribution in [3.05, 3.63) is 0 Å². The Morgan fingerprint density at radius 1 is 0.909 bits per heavy atom. The van der Waals surface area contributed by atoms with E-state index in [0.717, 1.165) is 18.0 Å². The van der Waals surface area contributed by atoms with Crippen LogP contribution in [0.25, 0.3) is 0 Å². The third-order valence-corrected chi connectivity index (χ3v) is 6.15. The minimum Gasteiger partial charge on any atom is -0.315 e. The van der Waals surface area contributed by atoms with Gasteiger partial charge in [0, 0.05) is 38.3 Å².